The highest BCUT2D eigenvalue weighted by Gasteiger charge is 2.18. The number of hydrogen-bond donors (Lipinski definition) is 1. The smallest absolute Gasteiger partial charge is 0.234 e. The normalized spacial score (nSPS) is 15.6. The van der Waals surface area contributed by atoms with Gasteiger partial charge in [0.2, 0.25) is 11.8 Å². The molecule has 1 aliphatic heterocycles. The van der Waals surface area contributed by atoms with E-state index in [0.717, 1.165) is 38.3 Å². The second-order valence-electron chi connectivity index (χ2n) is 6.52. The molecule has 1 amide bonds. The molecule has 2 heterocycles. The number of benzene rings is 1. The van der Waals surface area contributed by atoms with E-state index in [2.05, 4.69) is 44.4 Å². The summed E-state index contributed by atoms with van der Waals surface area (Å²) in [5.74, 6) is 0.630. The van der Waals surface area contributed by atoms with Crippen molar-refractivity contribution >= 4 is 5.91 Å². The number of ether oxygens (including phenoxy) is 1. The minimum Gasteiger partial charge on any atom is -0.481 e. The predicted octanol–water partition coefficient (Wildman–Crippen LogP) is 1.52. The van der Waals surface area contributed by atoms with Crippen LogP contribution in [0, 0.1) is 0 Å². The van der Waals surface area contributed by atoms with Crippen molar-refractivity contribution in [3.8, 4) is 5.88 Å². The third-order valence-corrected chi connectivity index (χ3v) is 4.58. The Kier molecular flexibility index (Phi) is 6.57. The third kappa shape index (κ3) is 5.54. The summed E-state index contributed by atoms with van der Waals surface area (Å²) in [5, 5.41) is 2.96. The Morgan fingerprint density at radius 2 is 1.77 bits per heavy atom. The van der Waals surface area contributed by atoms with Crippen LogP contribution in [0.4, 0.5) is 0 Å². The summed E-state index contributed by atoms with van der Waals surface area (Å²) in [7, 11) is 1.59. The van der Waals surface area contributed by atoms with Crippen LogP contribution in [0.3, 0.4) is 0 Å². The molecule has 0 saturated carbocycles. The minimum atomic E-state index is 0.0531. The molecule has 0 spiro atoms. The van der Waals surface area contributed by atoms with E-state index in [0.29, 0.717) is 19.0 Å². The van der Waals surface area contributed by atoms with E-state index in [9.17, 15) is 4.79 Å². The van der Waals surface area contributed by atoms with Crippen molar-refractivity contribution in [2.45, 2.75) is 13.1 Å². The number of methoxy groups -OCH3 is 1. The number of amides is 1. The van der Waals surface area contributed by atoms with E-state index < -0.39 is 0 Å². The fraction of sp³-hybridized carbons (Fsp3) is 0.400. The number of nitrogens with zero attached hydrogens (tertiary/aromatic N) is 3. The third-order valence-electron chi connectivity index (χ3n) is 4.58. The van der Waals surface area contributed by atoms with Gasteiger partial charge in [-0.05, 0) is 11.1 Å². The number of hydrogen-bond acceptors (Lipinski definition) is 5. The Hall–Kier alpha value is -2.44. The van der Waals surface area contributed by atoms with Gasteiger partial charge in [-0.25, -0.2) is 4.98 Å². The zero-order valence-corrected chi connectivity index (χ0v) is 15.2. The molecule has 0 radical (unpaired) electrons. The topological polar surface area (TPSA) is 57.7 Å². The number of aromatic nitrogens is 1. The Bertz CT molecular complexity index is 683. The molecular weight excluding hydrogens is 328 g/mol. The number of piperazine rings is 1. The highest BCUT2D eigenvalue weighted by atomic mass is 16.5. The van der Waals surface area contributed by atoms with Gasteiger partial charge >= 0.3 is 0 Å². The van der Waals surface area contributed by atoms with Crippen molar-refractivity contribution in [2.24, 2.45) is 0 Å². The van der Waals surface area contributed by atoms with Crippen LogP contribution in [-0.2, 0) is 17.9 Å². The van der Waals surface area contributed by atoms with Gasteiger partial charge in [-0.1, -0.05) is 36.4 Å². The van der Waals surface area contributed by atoms with Crippen LogP contribution in [0.15, 0.2) is 48.7 Å². The molecule has 6 nitrogen and oxygen atoms in total. The Morgan fingerprint density at radius 3 is 2.42 bits per heavy atom. The first-order valence-corrected chi connectivity index (χ1v) is 8.97. The van der Waals surface area contributed by atoms with Crippen molar-refractivity contribution in [1.82, 2.24) is 20.1 Å². The van der Waals surface area contributed by atoms with Crippen LogP contribution in [0.5, 0.6) is 5.88 Å². The Labute approximate surface area is 154 Å². The van der Waals surface area contributed by atoms with Crippen LogP contribution < -0.4 is 10.1 Å². The first-order valence-electron chi connectivity index (χ1n) is 8.97. The number of nitrogens with one attached hydrogen (secondary N) is 1. The SMILES string of the molecule is COc1ccc(CNC(=O)CN2CCN(Cc3ccccc3)CC2)cn1. The summed E-state index contributed by atoms with van der Waals surface area (Å²) < 4.78 is 5.03. The number of rotatable bonds is 7. The van der Waals surface area contributed by atoms with Gasteiger partial charge in [-0.2, -0.15) is 0 Å². The summed E-state index contributed by atoms with van der Waals surface area (Å²) in [6.07, 6.45) is 1.72. The predicted molar refractivity (Wildman–Crippen MR) is 101 cm³/mol. The second-order valence-corrected chi connectivity index (χ2v) is 6.52. The van der Waals surface area contributed by atoms with Gasteiger partial charge in [0, 0.05) is 51.5 Å². The number of pyridine rings is 1. The number of carbonyl (C=O) groups excluding carboxylic acids is 1. The lowest BCUT2D eigenvalue weighted by atomic mass is 10.2. The van der Waals surface area contributed by atoms with Crippen molar-refractivity contribution in [3.63, 3.8) is 0 Å². The maximum Gasteiger partial charge on any atom is 0.234 e. The fourth-order valence-electron chi connectivity index (χ4n) is 3.04. The van der Waals surface area contributed by atoms with Gasteiger partial charge in [0.1, 0.15) is 0 Å². The molecule has 3 rings (SSSR count). The highest BCUT2D eigenvalue weighted by molar-refractivity contribution is 5.78. The quantitative estimate of drug-likeness (QED) is 0.817. The molecule has 1 aliphatic rings. The summed E-state index contributed by atoms with van der Waals surface area (Å²) in [6.45, 7) is 5.74. The van der Waals surface area contributed by atoms with Crippen molar-refractivity contribution in [1.29, 1.82) is 0 Å². The molecule has 138 valence electrons. The molecule has 1 N–H and O–H groups in total. The van der Waals surface area contributed by atoms with E-state index in [4.69, 9.17) is 4.74 Å². The molecule has 1 aromatic heterocycles. The molecule has 26 heavy (non-hydrogen) atoms. The van der Waals surface area contributed by atoms with E-state index >= 15 is 0 Å². The molecule has 0 bridgehead atoms. The lowest BCUT2D eigenvalue weighted by Gasteiger charge is -2.34. The van der Waals surface area contributed by atoms with E-state index in [1.54, 1.807) is 19.4 Å². The molecule has 2 aromatic rings. The lowest BCUT2D eigenvalue weighted by Crippen LogP contribution is -2.49. The first kappa shape index (κ1) is 18.4. The number of carbonyl (C=O) groups is 1. The first-order chi connectivity index (χ1) is 12.7. The van der Waals surface area contributed by atoms with Gasteiger partial charge < -0.3 is 10.1 Å². The van der Waals surface area contributed by atoms with Crippen molar-refractivity contribution < 1.29 is 9.53 Å². The van der Waals surface area contributed by atoms with Crippen LogP contribution in [0.1, 0.15) is 11.1 Å². The Balaban J connectivity index is 1.36. The molecule has 0 aliphatic carbocycles. The molecule has 0 unspecified atom stereocenters. The van der Waals surface area contributed by atoms with Crippen LogP contribution in [0.2, 0.25) is 0 Å². The average Bonchev–Trinajstić information content (AvgIpc) is 2.69. The van der Waals surface area contributed by atoms with Gasteiger partial charge in [0.05, 0.1) is 13.7 Å². The molecule has 1 saturated heterocycles. The van der Waals surface area contributed by atoms with E-state index in [1.807, 2.05) is 12.1 Å². The molecular formula is C20H26N4O2. The maximum absolute atomic E-state index is 12.2. The average molecular weight is 354 g/mol. The Morgan fingerprint density at radius 1 is 1.04 bits per heavy atom. The van der Waals surface area contributed by atoms with Gasteiger partial charge in [-0.3, -0.25) is 14.6 Å². The zero-order chi connectivity index (χ0) is 18.2. The van der Waals surface area contributed by atoms with Crippen LogP contribution >= 0.6 is 0 Å². The van der Waals surface area contributed by atoms with Crippen molar-refractivity contribution in [3.05, 3.63) is 59.8 Å². The minimum absolute atomic E-state index is 0.0531. The van der Waals surface area contributed by atoms with Gasteiger partial charge in [-0.15, -0.1) is 0 Å². The standard InChI is InChI=1S/C20H26N4O2/c1-26-20-8-7-18(14-22-20)13-21-19(25)16-24-11-9-23(10-12-24)15-17-5-3-2-4-6-17/h2-8,14H,9-13,15-16H2,1H3,(H,21,25). The van der Waals surface area contributed by atoms with E-state index in [1.165, 1.54) is 5.56 Å². The van der Waals surface area contributed by atoms with E-state index in [-0.39, 0.29) is 5.91 Å². The molecule has 6 heteroatoms. The second kappa shape index (κ2) is 9.31. The molecule has 1 aromatic carbocycles. The lowest BCUT2D eigenvalue weighted by molar-refractivity contribution is -0.122. The summed E-state index contributed by atoms with van der Waals surface area (Å²) in [4.78, 5) is 21.0. The maximum atomic E-state index is 12.2. The largest absolute Gasteiger partial charge is 0.481 e. The highest BCUT2D eigenvalue weighted by Crippen LogP contribution is 2.09. The molecule has 0 atom stereocenters. The van der Waals surface area contributed by atoms with Gasteiger partial charge in [0.25, 0.3) is 0 Å². The van der Waals surface area contributed by atoms with Crippen molar-refractivity contribution in [2.75, 3.05) is 39.8 Å². The fourth-order valence-corrected chi connectivity index (χ4v) is 3.04. The van der Waals surface area contributed by atoms with Crippen LogP contribution in [-0.4, -0.2) is 60.5 Å². The summed E-state index contributed by atoms with van der Waals surface area (Å²) in [6, 6.07) is 14.2. The summed E-state index contributed by atoms with van der Waals surface area (Å²) >= 11 is 0. The summed E-state index contributed by atoms with van der Waals surface area (Å²) in [5.41, 5.74) is 2.30. The van der Waals surface area contributed by atoms with Crippen LogP contribution in [0.25, 0.3) is 0 Å². The monoisotopic (exact) mass is 354 g/mol. The molecule has 1 fully saturated rings. The van der Waals surface area contributed by atoms with Gasteiger partial charge in [0.15, 0.2) is 0 Å². The zero-order valence-electron chi connectivity index (χ0n) is 15.2.